The molecular formula is C25H36N6O3S. The first-order valence-corrected chi connectivity index (χ1v) is 13.0. The molecule has 0 amide bonds. The Bertz CT molecular complexity index is 1150. The molecule has 0 saturated heterocycles. The molecule has 1 aliphatic rings. The molecule has 1 aliphatic carbocycles. The lowest BCUT2D eigenvalue weighted by Gasteiger charge is -2.25. The van der Waals surface area contributed by atoms with Crippen LogP contribution < -0.4 is 10.6 Å². The van der Waals surface area contributed by atoms with Gasteiger partial charge in [-0.1, -0.05) is 0 Å². The van der Waals surface area contributed by atoms with Crippen molar-refractivity contribution in [3.05, 3.63) is 23.7 Å². The van der Waals surface area contributed by atoms with E-state index in [0.29, 0.717) is 32.3 Å². The molecule has 2 atom stereocenters. The summed E-state index contributed by atoms with van der Waals surface area (Å²) in [4.78, 5) is 18.9. The molecule has 0 spiro atoms. The molecule has 35 heavy (non-hydrogen) atoms. The first kappa shape index (κ1) is 25.7. The van der Waals surface area contributed by atoms with E-state index in [-0.39, 0.29) is 12.0 Å². The maximum atomic E-state index is 10.5. The van der Waals surface area contributed by atoms with Gasteiger partial charge in [-0.15, -0.1) is 11.3 Å². The third-order valence-corrected chi connectivity index (χ3v) is 7.57. The van der Waals surface area contributed by atoms with Crippen molar-refractivity contribution in [1.82, 2.24) is 19.9 Å². The summed E-state index contributed by atoms with van der Waals surface area (Å²) in [5, 5.41) is 18.3. The zero-order valence-electron chi connectivity index (χ0n) is 21.2. The predicted octanol–water partition coefficient (Wildman–Crippen LogP) is 4.19. The molecule has 1 fully saturated rings. The van der Waals surface area contributed by atoms with Gasteiger partial charge >= 0.3 is 0 Å². The highest BCUT2D eigenvalue weighted by atomic mass is 32.1. The van der Waals surface area contributed by atoms with Gasteiger partial charge in [-0.2, -0.15) is 4.98 Å². The van der Waals surface area contributed by atoms with Crippen molar-refractivity contribution < 1.29 is 14.6 Å². The molecule has 3 heterocycles. The normalized spacial score (nSPS) is 18.3. The molecule has 0 aliphatic heterocycles. The van der Waals surface area contributed by atoms with Crippen molar-refractivity contribution in [3.63, 3.8) is 0 Å². The summed E-state index contributed by atoms with van der Waals surface area (Å²) in [5.41, 5.74) is 2.91. The van der Waals surface area contributed by atoms with Crippen molar-refractivity contribution in [2.24, 2.45) is 5.92 Å². The summed E-state index contributed by atoms with van der Waals surface area (Å²) < 4.78 is 11.7. The van der Waals surface area contributed by atoms with Crippen molar-refractivity contribution >= 4 is 33.3 Å². The van der Waals surface area contributed by atoms with E-state index >= 15 is 0 Å². The average Bonchev–Trinajstić information content (AvgIpc) is 3.44. The SMILES string of the molecule is COCCOCCNc1nc(C)c(-c2nc3c(C)nccc3s2)c(NC2CCC(C(C)(C)O)C2)n1. The topological polar surface area (TPSA) is 114 Å². The lowest BCUT2D eigenvalue weighted by atomic mass is 9.89. The summed E-state index contributed by atoms with van der Waals surface area (Å²) in [6.45, 7) is 10.0. The van der Waals surface area contributed by atoms with E-state index in [1.807, 2.05) is 40.0 Å². The number of rotatable bonds is 11. The van der Waals surface area contributed by atoms with Gasteiger partial charge in [-0.05, 0) is 58.9 Å². The zero-order chi connectivity index (χ0) is 25.0. The smallest absolute Gasteiger partial charge is 0.224 e. The van der Waals surface area contributed by atoms with Crippen LogP contribution in [0.1, 0.15) is 44.5 Å². The Balaban J connectivity index is 1.60. The molecule has 0 bridgehead atoms. The van der Waals surface area contributed by atoms with E-state index in [4.69, 9.17) is 24.4 Å². The van der Waals surface area contributed by atoms with Crippen LogP contribution in [-0.2, 0) is 9.47 Å². The molecule has 3 aromatic heterocycles. The van der Waals surface area contributed by atoms with Crippen LogP contribution in [0.4, 0.5) is 11.8 Å². The molecule has 3 aromatic rings. The Kier molecular flexibility index (Phi) is 8.16. The van der Waals surface area contributed by atoms with Gasteiger partial charge in [0, 0.05) is 25.9 Å². The summed E-state index contributed by atoms with van der Waals surface area (Å²) in [6, 6.07) is 2.22. The Morgan fingerprint density at radius 3 is 2.66 bits per heavy atom. The number of thiazole rings is 1. The number of nitrogens with zero attached hydrogens (tertiary/aromatic N) is 4. The molecule has 9 nitrogen and oxygen atoms in total. The van der Waals surface area contributed by atoms with Crippen LogP contribution in [0.2, 0.25) is 0 Å². The maximum absolute atomic E-state index is 10.5. The summed E-state index contributed by atoms with van der Waals surface area (Å²) in [5.74, 6) is 1.58. The second kappa shape index (κ2) is 11.1. The lowest BCUT2D eigenvalue weighted by molar-refractivity contribution is 0.0197. The Hall–Kier alpha value is -2.40. The van der Waals surface area contributed by atoms with Crippen LogP contribution in [0.25, 0.3) is 20.8 Å². The fourth-order valence-electron chi connectivity index (χ4n) is 4.53. The third kappa shape index (κ3) is 6.24. The van der Waals surface area contributed by atoms with Gasteiger partial charge in [-0.25, -0.2) is 9.97 Å². The van der Waals surface area contributed by atoms with Crippen LogP contribution in [0.3, 0.4) is 0 Å². The minimum absolute atomic E-state index is 0.225. The molecule has 10 heteroatoms. The van der Waals surface area contributed by atoms with Crippen LogP contribution in [0.15, 0.2) is 12.3 Å². The molecule has 1 saturated carbocycles. The number of methoxy groups -OCH3 is 1. The quantitative estimate of drug-likeness (QED) is 0.333. The number of fused-ring (bicyclic) bond motifs is 1. The lowest BCUT2D eigenvalue weighted by Crippen LogP contribution is -2.30. The highest BCUT2D eigenvalue weighted by Crippen LogP contribution is 2.39. The van der Waals surface area contributed by atoms with E-state index in [1.165, 1.54) is 0 Å². The van der Waals surface area contributed by atoms with Gasteiger partial charge in [0.1, 0.15) is 16.3 Å². The molecular weight excluding hydrogens is 464 g/mol. The Morgan fingerprint density at radius 2 is 1.94 bits per heavy atom. The van der Waals surface area contributed by atoms with E-state index in [0.717, 1.165) is 57.3 Å². The van der Waals surface area contributed by atoms with Gasteiger partial charge in [-0.3, -0.25) is 4.98 Å². The van der Waals surface area contributed by atoms with Crippen LogP contribution in [-0.4, -0.2) is 70.2 Å². The standard InChI is InChI=1S/C25H36N6O3S/c1-15-20(23-30-21-16(2)26-9-8-19(21)35-23)22(29-18-7-6-17(14-18)25(3,4)32)31-24(28-15)27-10-11-34-13-12-33-5/h8-9,17-18,32H,6-7,10-14H2,1-5H3,(H2,27,28,29,31). The maximum Gasteiger partial charge on any atom is 0.224 e. The number of aryl methyl sites for hydroxylation is 2. The number of hydrogen-bond donors (Lipinski definition) is 3. The number of ether oxygens (including phenoxy) is 2. The molecule has 190 valence electrons. The van der Waals surface area contributed by atoms with Crippen molar-refractivity contribution in [1.29, 1.82) is 0 Å². The molecule has 2 unspecified atom stereocenters. The minimum atomic E-state index is -0.687. The minimum Gasteiger partial charge on any atom is -0.390 e. The number of anilines is 2. The first-order chi connectivity index (χ1) is 16.8. The van der Waals surface area contributed by atoms with Gasteiger partial charge in [0.2, 0.25) is 5.95 Å². The second-order valence-corrected chi connectivity index (χ2v) is 10.7. The first-order valence-electron chi connectivity index (χ1n) is 12.2. The monoisotopic (exact) mass is 500 g/mol. The fourth-order valence-corrected chi connectivity index (χ4v) is 5.64. The molecule has 0 radical (unpaired) electrons. The van der Waals surface area contributed by atoms with Crippen molar-refractivity contribution in [2.75, 3.05) is 44.1 Å². The average molecular weight is 501 g/mol. The van der Waals surface area contributed by atoms with Gasteiger partial charge < -0.3 is 25.2 Å². The van der Waals surface area contributed by atoms with Gasteiger partial charge in [0.05, 0.1) is 47.1 Å². The van der Waals surface area contributed by atoms with Crippen molar-refractivity contribution in [3.8, 4) is 10.6 Å². The largest absolute Gasteiger partial charge is 0.390 e. The molecule has 4 rings (SSSR count). The molecule has 0 aromatic carbocycles. The number of aromatic nitrogens is 4. The van der Waals surface area contributed by atoms with Crippen LogP contribution >= 0.6 is 11.3 Å². The summed E-state index contributed by atoms with van der Waals surface area (Å²) >= 11 is 1.63. The van der Waals surface area contributed by atoms with E-state index in [1.54, 1.807) is 18.4 Å². The number of pyridine rings is 1. The highest BCUT2D eigenvalue weighted by Gasteiger charge is 2.35. The van der Waals surface area contributed by atoms with Crippen LogP contribution in [0.5, 0.6) is 0 Å². The predicted molar refractivity (Wildman–Crippen MR) is 140 cm³/mol. The number of aliphatic hydroxyl groups is 1. The van der Waals surface area contributed by atoms with E-state index in [9.17, 15) is 5.11 Å². The van der Waals surface area contributed by atoms with Crippen LogP contribution in [0, 0.1) is 19.8 Å². The summed E-state index contributed by atoms with van der Waals surface area (Å²) in [6.07, 6.45) is 4.68. The van der Waals surface area contributed by atoms with E-state index in [2.05, 4.69) is 15.6 Å². The number of nitrogens with one attached hydrogen (secondary N) is 2. The third-order valence-electron chi connectivity index (χ3n) is 6.53. The number of hydrogen-bond acceptors (Lipinski definition) is 10. The fraction of sp³-hybridized carbons (Fsp3) is 0.600. The van der Waals surface area contributed by atoms with E-state index < -0.39 is 5.60 Å². The van der Waals surface area contributed by atoms with Gasteiger partial charge in [0.15, 0.2) is 0 Å². The second-order valence-electron chi connectivity index (χ2n) is 9.66. The summed E-state index contributed by atoms with van der Waals surface area (Å²) in [7, 11) is 1.66. The Morgan fingerprint density at radius 1 is 1.11 bits per heavy atom. The van der Waals surface area contributed by atoms with Crippen molar-refractivity contribution in [2.45, 2.75) is 58.6 Å². The van der Waals surface area contributed by atoms with Gasteiger partial charge in [0.25, 0.3) is 0 Å². The zero-order valence-corrected chi connectivity index (χ0v) is 22.0. The molecule has 3 N–H and O–H groups in total. The highest BCUT2D eigenvalue weighted by molar-refractivity contribution is 7.21. The Labute approximate surface area is 210 Å².